The summed E-state index contributed by atoms with van der Waals surface area (Å²) in [6.45, 7) is 8.19. The molecule has 23 nitrogen and oxygen atoms in total. The van der Waals surface area contributed by atoms with E-state index >= 15 is 0 Å². The van der Waals surface area contributed by atoms with Gasteiger partial charge in [-0.25, -0.2) is 0 Å². The Bertz CT molecular complexity index is 1920. The van der Waals surface area contributed by atoms with Gasteiger partial charge in [0.05, 0.1) is 44.7 Å². The van der Waals surface area contributed by atoms with Gasteiger partial charge < -0.3 is 114 Å². The Hall–Kier alpha value is -1.18. The lowest BCUT2D eigenvalue weighted by atomic mass is 9.46. The second-order valence-electron chi connectivity index (χ2n) is 23.5. The van der Waals surface area contributed by atoms with E-state index in [9.17, 15) is 71.5 Å². The van der Waals surface area contributed by atoms with Gasteiger partial charge in [-0.2, -0.15) is 0 Å². The highest BCUT2D eigenvalue weighted by Crippen LogP contribution is 2.71. The van der Waals surface area contributed by atoms with E-state index in [1.54, 1.807) is 0 Å². The normalized spacial score (nSPS) is 55.5. The minimum Gasteiger partial charge on any atom is -0.394 e. The Balaban J connectivity index is 0.841. The lowest BCUT2D eigenvalue weighted by Crippen LogP contribution is -2.64. The van der Waals surface area contributed by atoms with E-state index in [0.717, 1.165) is 25.7 Å². The van der Waals surface area contributed by atoms with Gasteiger partial charge in [-0.15, -0.1) is 0 Å². The summed E-state index contributed by atoms with van der Waals surface area (Å²) in [5.74, 6) is -1.78. The summed E-state index contributed by atoms with van der Waals surface area (Å²) in [5, 5.41) is 150. The van der Waals surface area contributed by atoms with Gasteiger partial charge in [0.1, 0.15) is 91.1 Å². The van der Waals surface area contributed by atoms with Crippen LogP contribution in [0.25, 0.3) is 0 Å². The smallest absolute Gasteiger partial charge is 0.187 e. The fourth-order valence-electron chi connectivity index (χ4n) is 14.6. The van der Waals surface area contributed by atoms with Crippen LogP contribution in [0.2, 0.25) is 0 Å². The monoisotopic (exact) mass is 1050 g/mol. The molecule has 30 atom stereocenters. The van der Waals surface area contributed by atoms with Crippen LogP contribution in [0.1, 0.15) is 92.4 Å². The maximum absolute atomic E-state index is 12.9. The lowest BCUT2D eigenvalue weighted by molar-refractivity contribution is -0.376. The minimum atomic E-state index is -1.77. The highest BCUT2D eigenvalue weighted by molar-refractivity contribution is 5.29. The molecule has 0 unspecified atom stereocenters. The third-order valence-corrected chi connectivity index (χ3v) is 19.4. The van der Waals surface area contributed by atoms with Crippen molar-refractivity contribution in [2.24, 2.45) is 40.4 Å². The van der Waals surface area contributed by atoms with Crippen molar-refractivity contribution in [3.05, 3.63) is 11.6 Å². The molecule has 9 aliphatic rings. The Kier molecular flexibility index (Phi) is 16.6. The van der Waals surface area contributed by atoms with Gasteiger partial charge in [-0.3, -0.25) is 0 Å². The number of rotatable bonds is 14. The van der Waals surface area contributed by atoms with Crippen LogP contribution in [0.5, 0.6) is 0 Å². The fraction of sp³-hybridized carbons (Fsp3) is 0.960. The van der Waals surface area contributed by atoms with Crippen molar-refractivity contribution in [2.75, 3.05) is 26.4 Å². The van der Waals surface area contributed by atoms with Gasteiger partial charge >= 0.3 is 0 Å². The van der Waals surface area contributed by atoms with Gasteiger partial charge in [-0.1, -0.05) is 39.3 Å². The topological polar surface area (TPSA) is 366 Å². The molecule has 5 saturated heterocycles. The Morgan fingerprint density at radius 3 is 1.96 bits per heavy atom. The van der Waals surface area contributed by atoms with Gasteiger partial charge in [0.15, 0.2) is 30.9 Å². The zero-order valence-corrected chi connectivity index (χ0v) is 42.2. The maximum Gasteiger partial charge on any atom is 0.187 e. The molecule has 4 aliphatic carbocycles. The summed E-state index contributed by atoms with van der Waals surface area (Å²) < 4.78 is 53.9. The summed E-state index contributed by atoms with van der Waals surface area (Å²) in [5.41, 5.74) is -0.835. The predicted molar refractivity (Wildman–Crippen MR) is 246 cm³/mol. The highest BCUT2D eigenvalue weighted by atomic mass is 16.8. The van der Waals surface area contributed by atoms with Crippen molar-refractivity contribution in [3.8, 4) is 0 Å². The van der Waals surface area contributed by atoms with Gasteiger partial charge in [0, 0.05) is 17.8 Å². The molecule has 3 saturated carbocycles. The van der Waals surface area contributed by atoms with Crippen molar-refractivity contribution in [2.45, 2.75) is 233 Å². The summed E-state index contributed by atoms with van der Waals surface area (Å²) in [6.07, 6.45) is -21.2. The van der Waals surface area contributed by atoms with E-state index < -0.39 is 165 Å². The van der Waals surface area contributed by atoms with Crippen molar-refractivity contribution in [1.29, 1.82) is 0 Å². The molecule has 14 N–H and O–H groups in total. The molecular formula is C50H82O23. The molecule has 0 aromatic rings. The molecule has 5 heterocycles. The van der Waals surface area contributed by atoms with Crippen LogP contribution in [0.15, 0.2) is 11.6 Å². The Morgan fingerprint density at radius 2 is 1.30 bits per heavy atom. The molecule has 8 fully saturated rings. The molecule has 0 aromatic heterocycles. The lowest BCUT2D eigenvalue weighted by Gasteiger charge is -2.59. The van der Waals surface area contributed by atoms with Crippen molar-refractivity contribution in [1.82, 2.24) is 0 Å². The fourth-order valence-corrected chi connectivity index (χ4v) is 14.6. The van der Waals surface area contributed by atoms with E-state index in [-0.39, 0.29) is 48.7 Å². The summed E-state index contributed by atoms with van der Waals surface area (Å²) in [7, 11) is 0. The molecule has 9 rings (SSSR count). The quantitative estimate of drug-likeness (QED) is 0.0760. The van der Waals surface area contributed by atoms with E-state index in [0.29, 0.717) is 25.7 Å². The number of ether oxygens (including phenoxy) is 9. The zero-order chi connectivity index (χ0) is 52.9. The van der Waals surface area contributed by atoms with E-state index in [1.807, 2.05) is 13.8 Å². The number of hydrogen-bond donors (Lipinski definition) is 14. The first-order chi connectivity index (χ1) is 34.4. The summed E-state index contributed by atoms with van der Waals surface area (Å²) in [4.78, 5) is 0. The van der Waals surface area contributed by atoms with Crippen LogP contribution >= 0.6 is 0 Å². The van der Waals surface area contributed by atoms with Crippen LogP contribution in [0.4, 0.5) is 0 Å². The van der Waals surface area contributed by atoms with Crippen LogP contribution in [-0.4, -0.2) is 238 Å². The second kappa shape index (κ2) is 21.5. The molecular weight excluding hydrogens is 969 g/mol. The predicted octanol–water partition coefficient (Wildman–Crippen LogP) is -3.25. The van der Waals surface area contributed by atoms with Gasteiger partial charge in [-0.05, 0) is 87.4 Å². The number of fused-ring (bicyclic) bond motifs is 7. The molecule has 0 bridgehead atoms. The number of hydrogen-bond acceptors (Lipinski definition) is 23. The number of allylic oxidation sites excluding steroid dienone is 1. The van der Waals surface area contributed by atoms with E-state index in [2.05, 4.69) is 19.9 Å². The molecule has 0 aromatic carbocycles. The Morgan fingerprint density at radius 1 is 0.685 bits per heavy atom. The summed E-state index contributed by atoms with van der Waals surface area (Å²) in [6, 6.07) is 0. The second-order valence-corrected chi connectivity index (χ2v) is 23.5. The molecule has 0 radical (unpaired) electrons. The number of aliphatic hydroxyl groups excluding tert-OH is 12. The first-order valence-corrected chi connectivity index (χ1v) is 26.4. The largest absolute Gasteiger partial charge is 0.394 e. The molecule has 420 valence electrons. The third-order valence-electron chi connectivity index (χ3n) is 19.4. The minimum absolute atomic E-state index is 0.0860. The van der Waals surface area contributed by atoms with Gasteiger partial charge in [0.2, 0.25) is 0 Å². The maximum atomic E-state index is 12.9. The molecule has 73 heavy (non-hydrogen) atoms. The molecule has 0 spiro atoms. The van der Waals surface area contributed by atoms with Crippen LogP contribution in [0.3, 0.4) is 0 Å². The third kappa shape index (κ3) is 9.71. The zero-order valence-electron chi connectivity index (χ0n) is 42.2. The van der Waals surface area contributed by atoms with Crippen LogP contribution in [-0.2, 0) is 42.6 Å². The number of aliphatic hydroxyl groups is 14. The van der Waals surface area contributed by atoms with Gasteiger partial charge in [0.25, 0.3) is 0 Å². The standard InChI is InChI=1S/C50H82O23/c1-20(18-65-43-39(60)37(58)33(54)28(16-51)69-43)8-13-49(63)22(3)50(64)31(73-49)15-27-25-7-6-23-14-24(9-11-47(23,4)26(25)10-12-48(27,50)5)68-46-42(72-44-40(61)36(57)32(53)21(2)67-44)35(56)30(19-66-46)71-45-41(62)38(59)34(55)29(17-52)70-45/h6,20-22,24-46,51-64H,7-19H2,1-5H3/t20-,21+,22-,24+,25-,26+,27+,28-,29-,30-,31+,32+,33-,34-,35+,36-,37+,38+,39-,40-,41-,42-,43-,44+,45+,46+,47+,48+,49-,50-/m1/s1. The molecule has 23 heteroatoms. The average molecular weight is 1050 g/mol. The first-order valence-electron chi connectivity index (χ1n) is 26.4. The first kappa shape index (κ1) is 56.5. The van der Waals surface area contributed by atoms with Crippen molar-refractivity contribution < 1.29 is 114 Å². The van der Waals surface area contributed by atoms with Crippen molar-refractivity contribution >= 4 is 0 Å². The molecule has 5 aliphatic heterocycles. The van der Waals surface area contributed by atoms with E-state index in [1.165, 1.54) is 12.5 Å². The van der Waals surface area contributed by atoms with Crippen LogP contribution < -0.4 is 0 Å². The average Bonchev–Trinajstić information content (AvgIpc) is 3.71. The van der Waals surface area contributed by atoms with E-state index in [4.69, 9.17) is 42.6 Å². The van der Waals surface area contributed by atoms with Crippen molar-refractivity contribution in [3.63, 3.8) is 0 Å². The summed E-state index contributed by atoms with van der Waals surface area (Å²) >= 11 is 0. The SMILES string of the molecule is C[C@H](CC[C@@]1(O)O[C@H]2C[C@H]3[C@@H]4CC=C5C[C@@H](O[C@@H]6OC[C@@H](O[C@@H]7O[C@H](CO)[C@@H](O)[C@H](O)[C@H]7O)[C@H](O)[C@H]6O[C@@H]6O[C@@H](C)[C@H](O)[C@@H](O)[C@H]6O)CC[C@]5(C)[C@H]4CC[C@]3(C)[C@@]2(O)[C@@H]1C)CO[C@@H]1O[C@H](CO)[C@@H](O)[C@H](O)[C@H]1O. The highest BCUT2D eigenvalue weighted by Gasteiger charge is 2.75. The molecule has 0 amide bonds. The Labute approximate surface area is 424 Å². The van der Waals surface area contributed by atoms with Crippen LogP contribution in [0, 0.1) is 40.4 Å².